The van der Waals surface area contributed by atoms with Crippen molar-refractivity contribution in [1.29, 1.82) is 0 Å². The first kappa shape index (κ1) is 14.1. The van der Waals surface area contributed by atoms with Crippen molar-refractivity contribution in [2.24, 2.45) is 0 Å². The third-order valence-electron chi connectivity index (χ3n) is 2.77. The third-order valence-corrected chi connectivity index (χ3v) is 2.77. The van der Waals surface area contributed by atoms with Gasteiger partial charge < -0.3 is 5.11 Å². The van der Waals surface area contributed by atoms with Gasteiger partial charge in [0.05, 0.1) is 12.5 Å². The van der Waals surface area contributed by atoms with Crippen molar-refractivity contribution in [3.63, 3.8) is 0 Å². The Kier molecular flexibility index (Phi) is 3.78. The minimum Gasteiger partial charge on any atom is -0.481 e. The molecule has 2 aromatic rings. The molecule has 1 heterocycles. The predicted octanol–water partition coefficient (Wildman–Crippen LogP) is 2.97. The third kappa shape index (κ3) is 3.17. The van der Waals surface area contributed by atoms with Crippen LogP contribution in [0.4, 0.5) is 13.2 Å². The molecule has 0 aliphatic carbocycles. The first-order chi connectivity index (χ1) is 9.38. The van der Waals surface area contributed by atoms with Crippen LogP contribution in [-0.4, -0.2) is 20.9 Å². The minimum atomic E-state index is -4.55. The van der Waals surface area contributed by atoms with Gasteiger partial charge in [-0.05, 0) is 11.6 Å². The molecule has 0 saturated heterocycles. The number of alkyl halides is 3. The molecule has 0 bridgehead atoms. The zero-order chi connectivity index (χ0) is 14.8. The largest absolute Gasteiger partial charge is 0.481 e. The van der Waals surface area contributed by atoms with E-state index in [2.05, 4.69) is 5.10 Å². The highest BCUT2D eigenvalue weighted by Gasteiger charge is 2.34. The predicted molar refractivity (Wildman–Crippen MR) is 64.1 cm³/mol. The van der Waals surface area contributed by atoms with Crippen molar-refractivity contribution in [2.75, 3.05) is 0 Å². The molecule has 0 saturated carbocycles. The maximum atomic E-state index is 12.5. The maximum absolute atomic E-state index is 12.5. The average Bonchev–Trinajstić information content (AvgIpc) is 2.86. The van der Waals surface area contributed by atoms with Crippen LogP contribution in [0.15, 0.2) is 42.6 Å². The van der Waals surface area contributed by atoms with Crippen molar-refractivity contribution >= 4 is 5.97 Å². The fourth-order valence-electron chi connectivity index (χ4n) is 1.87. The minimum absolute atomic E-state index is 0.344. The second-order valence-electron chi connectivity index (χ2n) is 4.20. The van der Waals surface area contributed by atoms with Crippen molar-refractivity contribution < 1.29 is 23.1 Å². The summed E-state index contributed by atoms with van der Waals surface area (Å²) >= 11 is 0. The molecule has 0 radical (unpaired) electrons. The van der Waals surface area contributed by atoms with E-state index < -0.39 is 23.9 Å². The highest BCUT2D eigenvalue weighted by molar-refractivity contribution is 5.68. The standard InChI is InChI=1S/C13H11F3N2O2/c14-13(15,16)11-6-7-18(17-11)10(8-12(19)20)9-4-2-1-3-5-9/h1-7,10H,8H2,(H,19,20). The van der Waals surface area contributed by atoms with E-state index in [-0.39, 0.29) is 6.42 Å². The molecule has 20 heavy (non-hydrogen) atoms. The summed E-state index contributed by atoms with van der Waals surface area (Å²) in [6.45, 7) is 0. The monoisotopic (exact) mass is 284 g/mol. The Labute approximate surface area is 112 Å². The smallest absolute Gasteiger partial charge is 0.435 e. The van der Waals surface area contributed by atoms with Crippen LogP contribution in [0.3, 0.4) is 0 Å². The van der Waals surface area contributed by atoms with Gasteiger partial charge in [0.15, 0.2) is 5.69 Å². The number of carboxylic acids is 1. The van der Waals surface area contributed by atoms with Crippen LogP contribution in [0.25, 0.3) is 0 Å². The lowest BCUT2D eigenvalue weighted by atomic mass is 10.0. The Morgan fingerprint density at radius 1 is 1.25 bits per heavy atom. The number of benzene rings is 1. The Hall–Kier alpha value is -2.31. The van der Waals surface area contributed by atoms with Crippen LogP contribution in [0, 0.1) is 0 Å². The number of aliphatic carboxylic acids is 1. The number of rotatable bonds is 4. The van der Waals surface area contributed by atoms with Crippen LogP contribution in [0.2, 0.25) is 0 Å². The van der Waals surface area contributed by atoms with E-state index in [1.165, 1.54) is 0 Å². The van der Waals surface area contributed by atoms with Crippen molar-refractivity contribution in [3.8, 4) is 0 Å². The van der Waals surface area contributed by atoms with Gasteiger partial charge in [0.2, 0.25) is 0 Å². The molecule has 1 N–H and O–H groups in total. The second kappa shape index (κ2) is 5.36. The molecule has 0 amide bonds. The molecule has 106 valence electrons. The summed E-state index contributed by atoms with van der Waals surface area (Å²) in [4.78, 5) is 10.9. The molecule has 7 heteroatoms. The van der Waals surface area contributed by atoms with Crippen molar-refractivity contribution in [3.05, 3.63) is 53.9 Å². The molecule has 2 rings (SSSR count). The Morgan fingerprint density at radius 3 is 2.40 bits per heavy atom. The number of aromatic nitrogens is 2. The van der Waals surface area contributed by atoms with Crippen LogP contribution in [0.1, 0.15) is 23.7 Å². The van der Waals surface area contributed by atoms with Gasteiger partial charge in [-0.1, -0.05) is 30.3 Å². The Bertz CT molecular complexity index is 593. The summed E-state index contributed by atoms with van der Waals surface area (Å²) in [6, 6.07) is 8.50. The fraction of sp³-hybridized carbons (Fsp3) is 0.231. The number of halogens is 3. The van der Waals surface area contributed by atoms with Gasteiger partial charge in [-0.2, -0.15) is 18.3 Å². The first-order valence-corrected chi connectivity index (χ1v) is 5.77. The Morgan fingerprint density at radius 2 is 1.90 bits per heavy atom. The quantitative estimate of drug-likeness (QED) is 0.939. The summed E-state index contributed by atoms with van der Waals surface area (Å²) in [5, 5.41) is 12.3. The van der Waals surface area contributed by atoms with Crippen LogP contribution < -0.4 is 0 Å². The average molecular weight is 284 g/mol. The maximum Gasteiger partial charge on any atom is 0.435 e. The molecule has 1 unspecified atom stereocenters. The summed E-state index contributed by atoms with van der Waals surface area (Å²) in [7, 11) is 0. The van der Waals surface area contributed by atoms with E-state index in [1.54, 1.807) is 30.3 Å². The van der Waals surface area contributed by atoms with Gasteiger partial charge in [0, 0.05) is 6.20 Å². The van der Waals surface area contributed by atoms with E-state index >= 15 is 0 Å². The van der Waals surface area contributed by atoms with E-state index in [0.717, 1.165) is 16.9 Å². The summed E-state index contributed by atoms with van der Waals surface area (Å²) in [5.41, 5.74) is -0.449. The zero-order valence-electron chi connectivity index (χ0n) is 10.2. The lowest BCUT2D eigenvalue weighted by Gasteiger charge is -2.16. The first-order valence-electron chi connectivity index (χ1n) is 5.77. The SMILES string of the molecule is O=C(O)CC(c1ccccc1)n1ccc(C(F)(F)F)n1. The highest BCUT2D eigenvalue weighted by Crippen LogP contribution is 2.29. The highest BCUT2D eigenvalue weighted by atomic mass is 19.4. The number of hydrogen-bond acceptors (Lipinski definition) is 2. The topological polar surface area (TPSA) is 55.1 Å². The van der Waals surface area contributed by atoms with Gasteiger partial charge in [-0.3, -0.25) is 9.48 Å². The number of nitrogens with zero attached hydrogens (tertiary/aromatic N) is 2. The van der Waals surface area contributed by atoms with E-state index in [1.807, 2.05) is 0 Å². The molecule has 0 aliphatic rings. The fourth-order valence-corrected chi connectivity index (χ4v) is 1.87. The molecule has 0 fully saturated rings. The molecule has 0 spiro atoms. The van der Waals surface area contributed by atoms with Crippen LogP contribution >= 0.6 is 0 Å². The number of hydrogen-bond donors (Lipinski definition) is 1. The summed E-state index contributed by atoms with van der Waals surface area (Å²) in [6.07, 6.45) is -3.75. The van der Waals surface area contributed by atoms with Crippen LogP contribution in [0.5, 0.6) is 0 Å². The molecular formula is C13H11F3N2O2. The Balaban J connectivity index is 2.37. The van der Waals surface area contributed by atoms with Gasteiger partial charge in [-0.25, -0.2) is 0 Å². The lowest BCUT2D eigenvalue weighted by molar-refractivity contribution is -0.141. The van der Waals surface area contributed by atoms with E-state index in [0.29, 0.717) is 5.56 Å². The number of carboxylic acid groups (broad SMARTS) is 1. The van der Waals surface area contributed by atoms with Gasteiger partial charge in [0.25, 0.3) is 0 Å². The lowest BCUT2D eigenvalue weighted by Crippen LogP contribution is -2.17. The van der Waals surface area contributed by atoms with Crippen molar-refractivity contribution in [1.82, 2.24) is 9.78 Å². The molecule has 0 aliphatic heterocycles. The van der Waals surface area contributed by atoms with Gasteiger partial charge in [-0.15, -0.1) is 0 Å². The van der Waals surface area contributed by atoms with E-state index in [9.17, 15) is 18.0 Å². The normalized spacial score (nSPS) is 13.2. The van der Waals surface area contributed by atoms with Crippen molar-refractivity contribution in [2.45, 2.75) is 18.6 Å². The van der Waals surface area contributed by atoms with E-state index in [4.69, 9.17) is 5.11 Å². The summed E-state index contributed by atoms with van der Waals surface area (Å²) in [5.74, 6) is -1.11. The molecular weight excluding hydrogens is 273 g/mol. The van der Waals surface area contributed by atoms with Gasteiger partial charge >= 0.3 is 12.1 Å². The summed E-state index contributed by atoms with van der Waals surface area (Å²) < 4.78 is 38.6. The molecule has 4 nitrogen and oxygen atoms in total. The number of carbonyl (C=O) groups is 1. The molecule has 1 atom stereocenters. The molecule has 1 aromatic heterocycles. The molecule has 1 aromatic carbocycles. The van der Waals surface area contributed by atoms with Crippen LogP contribution in [-0.2, 0) is 11.0 Å². The van der Waals surface area contributed by atoms with Gasteiger partial charge in [0.1, 0.15) is 0 Å². The second-order valence-corrected chi connectivity index (χ2v) is 4.20. The zero-order valence-corrected chi connectivity index (χ0v) is 10.2.